The monoisotopic (exact) mass is 282 g/mol. The molecule has 0 saturated carbocycles. The van der Waals surface area contributed by atoms with Crippen LogP contribution in [0.5, 0.6) is 0 Å². The lowest BCUT2D eigenvalue weighted by Crippen LogP contribution is -1.91. The molecule has 21 heavy (non-hydrogen) atoms. The molecule has 0 aliphatic carbocycles. The minimum atomic E-state index is -0.443. The number of anilines is 1. The van der Waals surface area contributed by atoms with Crippen LogP contribution in [0, 0.1) is 17.0 Å². The molecule has 0 aromatic heterocycles. The van der Waals surface area contributed by atoms with E-state index in [1.807, 2.05) is 31.2 Å². The Kier molecular flexibility index (Phi) is 4.76. The summed E-state index contributed by atoms with van der Waals surface area (Å²) in [5, 5.41) is 14.5. The fourth-order valence-electron chi connectivity index (χ4n) is 1.55. The molecule has 2 aromatic rings. The Morgan fingerprint density at radius 3 is 2.33 bits per heavy atom. The fourth-order valence-corrected chi connectivity index (χ4v) is 1.55. The van der Waals surface area contributed by atoms with Gasteiger partial charge in [-0.25, -0.2) is 0 Å². The molecule has 2 rings (SSSR count). The maximum atomic E-state index is 10.5. The number of rotatable bonds is 5. The molecule has 0 spiro atoms. The zero-order chi connectivity index (χ0) is 15.1. The van der Waals surface area contributed by atoms with Gasteiger partial charge in [-0.3, -0.25) is 20.5 Å². The molecular formula is C15H14N4O2. The van der Waals surface area contributed by atoms with Gasteiger partial charge in [-0.05, 0) is 31.2 Å². The van der Waals surface area contributed by atoms with Gasteiger partial charge in [-0.15, -0.1) is 0 Å². The van der Waals surface area contributed by atoms with Crippen LogP contribution in [-0.4, -0.2) is 17.4 Å². The third-order valence-electron chi connectivity index (χ3n) is 2.67. The number of hydrogen-bond donors (Lipinski definition) is 1. The first-order valence-electron chi connectivity index (χ1n) is 6.28. The maximum Gasteiger partial charge on any atom is 0.269 e. The minimum absolute atomic E-state index is 0.0467. The van der Waals surface area contributed by atoms with E-state index in [1.54, 1.807) is 18.3 Å². The zero-order valence-electron chi connectivity index (χ0n) is 11.4. The molecule has 0 saturated heterocycles. The van der Waals surface area contributed by atoms with Crippen molar-refractivity contribution in [2.45, 2.75) is 6.92 Å². The van der Waals surface area contributed by atoms with Crippen LogP contribution in [0.2, 0.25) is 0 Å². The van der Waals surface area contributed by atoms with Crippen molar-refractivity contribution in [1.29, 1.82) is 0 Å². The van der Waals surface area contributed by atoms with Crippen molar-refractivity contribution in [3.63, 3.8) is 0 Å². The van der Waals surface area contributed by atoms with Crippen LogP contribution in [0.1, 0.15) is 5.56 Å². The van der Waals surface area contributed by atoms with E-state index in [1.165, 1.54) is 23.9 Å². The zero-order valence-corrected chi connectivity index (χ0v) is 11.4. The average Bonchev–Trinajstić information content (AvgIpc) is 2.49. The quantitative estimate of drug-likeness (QED) is 0.515. The van der Waals surface area contributed by atoms with E-state index in [2.05, 4.69) is 15.5 Å². The molecular weight excluding hydrogens is 268 g/mol. The number of aryl methyl sites for hydroxylation is 1. The molecule has 106 valence electrons. The van der Waals surface area contributed by atoms with Crippen LogP contribution < -0.4 is 5.43 Å². The van der Waals surface area contributed by atoms with Gasteiger partial charge in [0.25, 0.3) is 5.69 Å². The Hall–Kier alpha value is -3.02. The van der Waals surface area contributed by atoms with Gasteiger partial charge in [0.1, 0.15) is 0 Å². The van der Waals surface area contributed by atoms with Crippen LogP contribution in [0.25, 0.3) is 0 Å². The van der Waals surface area contributed by atoms with Crippen LogP contribution in [0.3, 0.4) is 0 Å². The minimum Gasteiger partial charge on any atom is -0.278 e. The Morgan fingerprint density at radius 1 is 1.05 bits per heavy atom. The lowest BCUT2D eigenvalue weighted by Gasteiger charge is -1.98. The summed E-state index contributed by atoms with van der Waals surface area (Å²) in [5.41, 5.74) is 5.51. The third-order valence-corrected chi connectivity index (χ3v) is 2.67. The second-order valence-electron chi connectivity index (χ2n) is 4.31. The number of nitro groups is 1. The highest BCUT2D eigenvalue weighted by Crippen LogP contribution is 2.15. The molecule has 6 heteroatoms. The van der Waals surface area contributed by atoms with Crippen molar-refractivity contribution in [3.05, 3.63) is 64.2 Å². The first-order chi connectivity index (χ1) is 10.1. The number of nitrogens with zero attached hydrogens (tertiary/aromatic N) is 3. The Balaban J connectivity index is 1.87. The van der Waals surface area contributed by atoms with E-state index in [4.69, 9.17) is 0 Å². The van der Waals surface area contributed by atoms with E-state index in [0.717, 1.165) is 5.69 Å². The van der Waals surface area contributed by atoms with Gasteiger partial charge >= 0.3 is 0 Å². The van der Waals surface area contributed by atoms with E-state index in [0.29, 0.717) is 5.69 Å². The maximum absolute atomic E-state index is 10.5. The largest absolute Gasteiger partial charge is 0.278 e. The number of hydrazone groups is 1. The van der Waals surface area contributed by atoms with Crippen molar-refractivity contribution in [2.75, 3.05) is 5.43 Å². The first-order valence-corrected chi connectivity index (χ1v) is 6.28. The summed E-state index contributed by atoms with van der Waals surface area (Å²) in [6, 6.07) is 13.8. The predicted octanol–water partition coefficient (Wildman–Crippen LogP) is 3.70. The molecule has 1 N–H and O–H groups in total. The van der Waals surface area contributed by atoms with E-state index < -0.39 is 4.92 Å². The highest BCUT2D eigenvalue weighted by Gasteiger charge is 2.02. The topological polar surface area (TPSA) is 79.9 Å². The van der Waals surface area contributed by atoms with Gasteiger partial charge in [-0.2, -0.15) is 5.10 Å². The van der Waals surface area contributed by atoms with Crippen molar-refractivity contribution in [1.82, 2.24) is 0 Å². The molecule has 0 aliphatic rings. The molecule has 0 heterocycles. The second kappa shape index (κ2) is 6.95. The number of aliphatic imine (C=N–C) groups is 1. The van der Waals surface area contributed by atoms with Crippen LogP contribution in [0.4, 0.5) is 17.1 Å². The number of benzene rings is 2. The van der Waals surface area contributed by atoms with Crippen LogP contribution >= 0.6 is 0 Å². The standard InChI is InChI=1S/C15H14N4O2/c1-12-2-4-13(5-3-12)16-10-11-17-18-14-6-8-15(9-7-14)19(20)21/h2-11,18H,1H3. The lowest BCUT2D eigenvalue weighted by atomic mass is 10.2. The van der Waals surface area contributed by atoms with Crippen molar-refractivity contribution in [3.8, 4) is 0 Å². The highest BCUT2D eigenvalue weighted by molar-refractivity contribution is 6.16. The fraction of sp³-hybridized carbons (Fsp3) is 0.0667. The Labute approximate surface area is 122 Å². The molecule has 6 nitrogen and oxygen atoms in total. The summed E-state index contributed by atoms with van der Waals surface area (Å²) in [6.07, 6.45) is 3.09. The summed E-state index contributed by atoms with van der Waals surface area (Å²) >= 11 is 0. The van der Waals surface area contributed by atoms with Crippen LogP contribution in [0.15, 0.2) is 58.6 Å². The molecule has 2 aromatic carbocycles. The summed E-state index contributed by atoms with van der Waals surface area (Å²) in [4.78, 5) is 14.3. The predicted molar refractivity (Wildman–Crippen MR) is 84.5 cm³/mol. The molecule has 0 bridgehead atoms. The van der Waals surface area contributed by atoms with Crippen LogP contribution in [-0.2, 0) is 0 Å². The summed E-state index contributed by atoms with van der Waals surface area (Å²) in [5.74, 6) is 0. The molecule has 0 atom stereocenters. The van der Waals surface area contributed by atoms with Gasteiger partial charge in [0, 0.05) is 18.3 Å². The van der Waals surface area contributed by atoms with E-state index in [9.17, 15) is 10.1 Å². The summed E-state index contributed by atoms with van der Waals surface area (Å²) in [7, 11) is 0. The summed E-state index contributed by atoms with van der Waals surface area (Å²) < 4.78 is 0. The van der Waals surface area contributed by atoms with E-state index in [-0.39, 0.29) is 5.69 Å². The molecule has 0 unspecified atom stereocenters. The molecule has 0 aliphatic heterocycles. The van der Waals surface area contributed by atoms with Gasteiger partial charge in [0.05, 0.1) is 22.5 Å². The number of nitrogens with one attached hydrogen (secondary N) is 1. The third kappa shape index (κ3) is 4.54. The average molecular weight is 282 g/mol. The lowest BCUT2D eigenvalue weighted by molar-refractivity contribution is -0.384. The second-order valence-corrected chi connectivity index (χ2v) is 4.31. The smallest absolute Gasteiger partial charge is 0.269 e. The first kappa shape index (κ1) is 14.4. The Bertz CT molecular complexity index is 661. The Morgan fingerprint density at radius 2 is 1.71 bits per heavy atom. The molecule has 0 amide bonds. The van der Waals surface area contributed by atoms with Gasteiger partial charge in [0.15, 0.2) is 0 Å². The molecule has 0 radical (unpaired) electrons. The van der Waals surface area contributed by atoms with Crippen molar-refractivity contribution >= 4 is 29.5 Å². The number of nitro benzene ring substituents is 1. The normalized spacial score (nSPS) is 11.1. The SMILES string of the molecule is Cc1ccc(N=CC=NNc2ccc([N+](=O)[O-])cc2)cc1. The highest BCUT2D eigenvalue weighted by atomic mass is 16.6. The molecule has 0 fully saturated rings. The summed E-state index contributed by atoms with van der Waals surface area (Å²) in [6.45, 7) is 2.02. The van der Waals surface area contributed by atoms with Gasteiger partial charge < -0.3 is 0 Å². The van der Waals surface area contributed by atoms with Crippen molar-refractivity contribution in [2.24, 2.45) is 10.1 Å². The van der Waals surface area contributed by atoms with Gasteiger partial charge in [-0.1, -0.05) is 17.7 Å². The number of non-ortho nitro benzene ring substituents is 1. The van der Waals surface area contributed by atoms with E-state index >= 15 is 0 Å². The number of hydrogen-bond acceptors (Lipinski definition) is 5. The van der Waals surface area contributed by atoms with Crippen molar-refractivity contribution < 1.29 is 4.92 Å². The van der Waals surface area contributed by atoms with Gasteiger partial charge in [0.2, 0.25) is 0 Å².